The Morgan fingerprint density at radius 3 is 2.36 bits per heavy atom. The molecular formula is C21H23ClN4O2. The monoisotopic (exact) mass is 398 g/mol. The number of aryl methyl sites for hydroxylation is 2. The van der Waals surface area contributed by atoms with Crippen LogP contribution in [0.3, 0.4) is 0 Å². The summed E-state index contributed by atoms with van der Waals surface area (Å²) in [5.74, 6) is 0.228. The average molecular weight is 399 g/mol. The van der Waals surface area contributed by atoms with Crippen molar-refractivity contribution >= 4 is 35.6 Å². The third kappa shape index (κ3) is 4.89. The molecule has 6 nitrogen and oxygen atoms in total. The molecule has 1 N–H and O–H groups in total. The van der Waals surface area contributed by atoms with Gasteiger partial charge in [0.05, 0.1) is 5.69 Å². The molecule has 28 heavy (non-hydrogen) atoms. The van der Waals surface area contributed by atoms with E-state index in [4.69, 9.17) is 11.6 Å². The number of hydrogen-bond acceptors (Lipinski definition) is 3. The highest BCUT2D eigenvalue weighted by molar-refractivity contribution is 6.31. The lowest BCUT2D eigenvalue weighted by molar-refractivity contribution is -0.119. The number of amides is 2. The fourth-order valence-electron chi connectivity index (χ4n) is 2.87. The van der Waals surface area contributed by atoms with Gasteiger partial charge in [-0.3, -0.25) is 14.9 Å². The Kier molecular flexibility index (Phi) is 6.31. The van der Waals surface area contributed by atoms with Crippen molar-refractivity contribution < 1.29 is 9.59 Å². The molecule has 0 unspecified atom stereocenters. The number of halogens is 1. The minimum absolute atomic E-state index is 0.227. The van der Waals surface area contributed by atoms with Gasteiger partial charge in [-0.05, 0) is 43.7 Å². The summed E-state index contributed by atoms with van der Waals surface area (Å²) in [6, 6.07) is 12.9. The van der Waals surface area contributed by atoms with Crippen LogP contribution in [0.15, 0.2) is 47.5 Å². The fraction of sp³-hybridized carbons (Fsp3) is 0.286. The number of rotatable bonds is 3. The molecular weight excluding hydrogens is 376 g/mol. The van der Waals surface area contributed by atoms with E-state index in [1.54, 1.807) is 23.1 Å². The Bertz CT molecular complexity index is 888. The first-order chi connectivity index (χ1) is 13.5. The fourth-order valence-corrected chi connectivity index (χ4v) is 3.04. The van der Waals surface area contributed by atoms with Gasteiger partial charge in [-0.25, -0.2) is 4.99 Å². The first-order valence-corrected chi connectivity index (χ1v) is 9.51. The summed E-state index contributed by atoms with van der Waals surface area (Å²) in [6.45, 7) is 6.24. The van der Waals surface area contributed by atoms with Crippen LogP contribution < -0.4 is 5.32 Å². The van der Waals surface area contributed by atoms with Crippen molar-refractivity contribution in [2.45, 2.75) is 13.8 Å². The normalized spacial score (nSPS) is 14.8. The summed E-state index contributed by atoms with van der Waals surface area (Å²) < 4.78 is 0. The smallest absolute Gasteiger partial charge is 0.257 e. The average Bonchev–Trinajstić information content (AvgIpc) is 2.70. The van der Waals surface area contributed by atoms with E-state index in [0.717, 1.165) is 17.5 Å². The molecule has 0 atom stereocenters. The molecule has 0 spiro atoms. The summed E-state index contributed by atoms with van der Waals surface area (Å²) in [6.07, 6.45) is 0.846. The molecule has 0 aromatic heterocycles. The molecule has 2 aromatic rings. The van der Waals surface area contributed by atoms with Gasteiger partial charge in [0.25, 0.3) is 5.91 Å². The third-order valence-electron chi connectivity index (χ3n) is 4.69. The van der Waals surface area contributed by atoms with E-state index in [1.165, 1.54) is 0 Å². The summed E-state index contributed by atoms with van der Waals surface area (Å²) in [5, 5.41) is 3.55. The SMILES string of the molecule is Cc1ccc(C(=O)NC(=Nc2ccc(C)c(Cl)c2)N2CCN(C=O)CC2)cc1. The maximum atomic E-state index is 12.7. The number of guanidine groups is 1. The molecule has 146 valence electrons. The molecule has 7 heteroatoms. The number of nitrogens with one attached hydrogen (secondary N) is 1. The highest BCUT2D eigenvalue weighted by atomic mass is 35.5. The lowest BCUT2D eigenvalue weighted by atomic mass is 10.1. The molecule has 1 saturated heterocycles. The van der Waals surface area contributed by atoms with Crippen LogP contribution in [0.25, 0.3) is 0 Å². The van der Waals surface area contributed by atoms with Gasteiger partial charge >= 0.3 is 0 Å². The van der Waals surface area contributed by atoms with Crippen molar-refractivity contribution in [3.05, 3.63) is 64.2 Å². The molecule has 1 aliphatic rings. The maximum absolute atomic E-state index is 12.7. The van der Waals surface area contributed by atoms with E-state index in [-0.39, 0.29) is 5.91 Å². The van der Waals surface area contributed by atoms with Gasteiger partial charge in [-0.15, -0.1) is 0 Å². The number of benzene rings is 2. The highest BCUT2D eigenvalue weighted by Gasteiger charge is 2.21. The molecule has 0 bridgehead atoms. The highest BCUT2D eigenvalue weighted by Crippen LogP contribution is 2.22. The van der Waals surface area contributed by atoms with Gasteiger partial charge in [-0.2, -0.15) is 0 Å². The first kappa shape index (κ1) is 19.9. The van der Waals surface area contributed by atoms with E-state index in [1.807, 2.05) is 43.0 Å². The molecule has 3 rings (SSSR count). The second-order valence-electron chi connectivity index (χ2n) is 6.82. The van der Waals surface area contributed by atoms with Crippen LogP contribution in [-0.2, 0) is 4.79 Å². The van der Waals surface area contributed by atoms with E-state index in [2.05, 4.69) is 10.3 Å². The number of carbonyl (C=O) groups is 2. The minimum Gasteiger partial charge on any atom is -0.342 e. The topological polar surface area (TPSA) is 65.0 Å². The lowest BCUT2D eigenvalue weighted by Gasteiger charge is -2.34. The van der Waals surface area contributed by atoms with Crippen LogP contribution in [0.5, 0.6) is 0 Å². The zero-order valence-corrected chi connectivity index (χ0v) is 16.7. The largest absolute Gasteiger partial charge is 0.342 e. The lowest BCUT2D eigenvalue weighted by Crippen LogP contribution is -2.53. The molecule has 0 saturated carbocycles. The molecule has 1 fully saturated rings. The second-order valence-corrected chi connectivity index (χ2v) is 7.22. The van der Waals surface area contributed by atoms with Gasteiger partial charge in [0.15, 0.2) is 0 Å². The number of nitrogens with zero attached hydrogens (tertiary/aromatic N) is 3. The van der Waals surface area contributed by atoms with Crippen molar-refractivity contribution in [1.29, 1.82) is 0 Å². The Hall–Kier alpha value is -2.86. The zero-order valence-electron chi connectivity index (χ0n) is 16.0. The van der Waals surface area contributed by atoms with Crippen molar-refractivity contribution in [1.82, 2.24) is 15.1 Å². The number of hydrogen-bond donors (Lipinski definition) is 1. The van der Waals surface area contributed by atoms with Crippen LogP contribution in [0.2, 0.25) is 5.02 Å². The Balaban J connectivity index is 1.86. The standard InChI is InChI=1S/C21H23ClN4O2/c1-15-3-6-17(7-4-15)20(28)24-21(26-11-9-25(14-27)10-12-26)23-18-8-5-16(2)19(22)13-18/h3-8,13-14H,9-12H2,1-2H3,(H,23,24,28). The van der Waals surface area contributed by atoms with Gasteiger partial charge in [0.1, 0.15) is 0 Å². The van der Waals surface area contributed by atoms with Crippen molar-refractivity contribution in [3.8, 4) is 0 Å². The van der Waals surface area contributed by atoms with Crippen molar-refractivity contribution in [2.24, 2.45) is 4.99 Å². The number of aliphatic imine (C=N–C) groups is 1. The van der Waals surface area contributed by atoms with E-state index in [0.29, 0.717) is 48.4 Å². The minimum atomic E-state index is -0.227. The molecule has 0 aliphatic carbocycles. The molecule has 1 heterocycles. The Morgan fingerprint density at radius 2 is 1.75 bits per heavy atom. The molecule has 2 aromatic carbocycles. The van der Waals surface area contributed by atoms with E-state index >= 15 is 0 Å². The van der Waals surface area contributed by atoms with Crippen molar-refractivity contribution in [3.63, 3.8) is 0 Å². The van der Waals surface area contributed by atoms with Crippen molar-refractivity contribution in [2.75, 3.05) is 26.2 Å². The summed E-state index contributed by atoms with van der Waals surface area (Å²) in [5.41, 5.74) is 3.27. The van der Waals surface area contributed by atoms with Gasteiger partial charge in [0, 0.05) is 36.8 Å². The Morgan fingerprint density at radius 1 is 1.07 bits per heavy atom. The molecule has 1 aliphatic heterocycles. The predicted molar refractivity (Wildman–Crippen MR) is 111 cm³/mol. The number of carbonyl (C=O) groups excluding carboxylic acids is 2. The van der Waals surface area contributed by atoms with Crippen LogP contribution in [-0.4, -0.2) is 54.3 Å². The van der Waals surface area contributed by atoms with Crippen LogP contribution in [0.1, 0.15) is 21.5 Å². The zero-order chi connectivity index (χ0) is 20.1. The summed E-state index contributed by atoms with van der Waals surface area (Å²) in [7, 11) is 0. The molecule has 2 amide bonds. The van der Waals surface area contributed by atoms with E-state index in [9.17, 15) is 9.59 Å². The number of piperazine rings is 1. The Labute approximate surface area is 169 Å². The first-order valence-electron chi connectivity index (χ1n) is 9.13. The molecule has 0 radical (unpaired) electrons. The van der Waals surface area contributed by atoms with Gasteiger partial charge in [0.2, 0.25) is 12.4 Å². The van der Waals surface area contributed by atoms with Crippen LogP contribution in [0.4, 0.5) is 5.69 Å². The van der Waals surface area contributed by atoms with Gasteiger partial charge in [-0.1, -0.05) is 35.4 Å². The van der Waals surface area contributed by atoms with Gasteiger partial charge < -0.3 is 9.80 Å². The van der Waals surface area contributed by atoms with E-state index < -0.39 is 0 Å². The third-order valence-corrected chi connectivity index (χ3v) is 5.10. The van der Waals surface area contributed by atoms with Crippen LogP contribution in [0, 0.1) is 13.8 Å². The quantitative estimate of drug-likeness (QED) is 0.490. The van der Waals surface area contributed by atoms with Crippen LogP contribution >= 0.6 is 11.6 Å². The predicted octanol–water partition coefficient (Wildman–Crippen LogP) is 3.15. The maximum Gasteiger partial charge on any atom is 0.257 e. The summed E-state index contributed by atoms with van der Waals surface area (Å²) in [4.78, 5) is 32.0. The second kappa shape index (κ2) is 8.89. The summed E-state index contributed by atoms with van der Waals surface area (Å²) >= 11 is 6.22.